The average Bonchev–Trinajstić information content (AvgIpc) is 2.16. The Balaban J connectivity index is 3.37. The maximum atomic E-state index is 12.4. The largest absolute Gasteiger partial charge is 0.367 e. The van der Waals surface area contributed by atoms with E-state index >= 15 is 0 Å². The maximum Gasteiger partial charge on any atom is 0.367 e. The third-order valence-corrected chi connectivity index (χ3v) is 2.44. The van der Waals surface area contributed by atoms with Crippen molar-refractivity contribution in [1.29, 1.82) is 0 Å². The number of pyridine rings is 1. The van der Waals surface area contributed by atoms with Crippen molar-refractivity contribution in [2.45, 2.75) is 18.7 Å². The van der Waals surface area contributed by atoms with Gasteiger partial charge in [0.25, 0.3) is 0 Å². The van der Waals surface area contributed by atoms with E-state index in [2.05, 4.69) is 20.9 Å². The first kappa shape index (κ1) is 12.0. The maximum absolute atomic E-state index is 12.4. The molecule has 0 aromatic carbocycles. The first-order valence-corrected chi connectivity index (χ1v) is 5.08. The first-order chi connectivity index (χ1) is 6.97. The number of aromatic nitrogens is 1. The molecule has 0 aliphatic rings. The second kappa shape index (κ2) is 4.61. The number of nitrogens with zero attached hydrogens (tertiary/aromatic N) is 2. The molecule has 1 rings (SSSR count). The summed E-state index contributed by atoms with van der Waals surface area (Å²) >= 11 is 3.04. The lowest BCUT2D eigenvalue weighted by atomic mass is 10.1. The van der Waals surface area contributed by atoms with Gasteiger partial charge in [0.15, 0.2) is 0 Å². The summed E-state index contributed by atoms with van der Waals surface area (Å²) < 4.78 is 24.8. The van der Waals surface area contributed by atoms with Crippen molar-refractivity contribution in [3.8, 4) is 0 Å². The molecule has 82 valence electrons. The minimum Gasteiger partial charge on any atom is -0.358 e. The van der Waals surface area contributed by atoms with Crippen LogP contribution in [0.4, 0.5) is 14.6 Å². The van der Waals surface area contributed by atoms with Crippen molar-refractivity contribution in [3.63, 3.8) is 0 Å². The molecular weight excluding hydrogens is 274 g/mol. The van der Waals surface area contributed by atoms with E-state index in [0.717, 1.165) is 0 Å². The van der Waals surface area contributed by atoms with Crippen LogP contribution in [-0.2, 0) is 5.33 Å². The first-order valence-electron chi connectivity index (χ1n) is 3.96. The van der Waals surface area contributed by atoms with Crippen molar-refractivity contribution >= 4 is 21.7 Å². The average molecular weight is 281 g/mol. The Morgan fingerprint density at radius 2 is 2.27 bits per heavy atom. The van der Waals surface area contributed by atoms with Gasteiger partial charge in [0.05, 0.1) is 5.56 Å². The molecule has 0 N–H and O–H groups in total. The molecule has 15 heavy (non-hydrogen) atoms. The number of halogens is 3. The fourth-order valence-corrected chi connectivity index (χ4v) is 1.56. The highest BCUT2D eigenvalue weighted by atomic mass is 79.9. The molecule has 0 unspecified atom stereocenters. The van der Waals surface area contributed by atoms with E-state index in [-0.39, 0.29) is 10.9 Å². The Morgan fingerprint density at radius 1 is 1.67 bits per heavy atom. The number of alkyl halides is 3. The highest BCUT2D eigenvalue weighted by Gasteiger charge is 2.24. The van der Waals surface area contributed by atoms with Crippen LogP contribution in [0.3, 0.4) is 0 Å². The third-order valence-electron chi connectivity index (χ3n) is 1.83. The van der Waals surface area contributed by atoms with Gasteiger partial charge in [0.2, 0.25) is 5.69 Å². The van der Waals surface area contributed by atoms with E-state index in [0.29, 0.717) is 5.56 Å². The van der Waals surface area contributed by atoms with Crippen LogP contribution < -0.4 is 0 Å². The highest BCUT2D eigenvalue weighted by Crippen LogP contribution is 2.27. The fraction of sp³-hybridized carbons (Fsp3) is 0.375. The van der Waals surface area contributed by atoms with Gasteiger partial charge in [-0.1, -0.05) is 15.9 Å². The standard InChI is InChI=1S/C8H7BrF2N2O2/c1-4-2-5(3-9)8(13(14)15)12-6(4)7(10)11/h2,7H,3H2,1H3. The van der Waals surface area contributed by atoms with Crippen LogP contribution in [0.2, 0.25) is 0 Å². The van der Waals surface area contributed by atoms with Gasteiger partial charge in [-0.25, -0.2) is 8.78 Å². The molecular formula is C8H7BrF2N2O2. The lowest BCUT2D eigenvalue weighted by molar-refractivity contribution is -0.390. The van der Waals surface area contributed by atoms with Crippen molar-refractivity contribution in [2.24, 2.45) is 0 Å². The molecule has 1 aromatic heterocycles. The summed E-state index contributed by atoms with van der Waals surface area (Å²) in [6, 6.07) is 1.35. The summed E-state index contributed by atoms with van der Waals surface area (Å²) in [4.78, 5) is 13.1. The predicted molar refractivity (Wildman–Crippen MR) is 53.2 cm³/mol. The molecule has 7 heteroatoms. The minimum atomic E-state index is -2.80. The van der Waals surface area contributed by atoms with Gasteiger partial charge in [-0.2, -0.15) is 0 Å². The summed E-state index contributed by atoms with van der Waals surface area (Å²) in [7, 11) is 0. The Bertz CT molecular complexity index is 398. The molecule has 0 saturated carbocycles. The Morgan fingerprint density at radius 3 is 2.67 bits per heavy atom. The van der Waals surface area contributed by atoms with Crippen molar-refractivity contribution < 1.29 is 13.7 Å². The van der Waals surface area contributed by atoms with Crippen LogP contribution in [0.5, 0.6) is 0 Å². The number of hydrogen-bond donors (Lipinski definition) is 0. The van der Waals surface area contributed by atoms with E-state index in [4.69, 9.17) is 0 Å². The number of rotatable bonds is 3. The smallest absolute Gasteiger partial charge is 0.358 e. The van der Waals surface area contributed by atoms with Gasteiger partial charge in [-0.3, -0.25) is 0 Å². The lowest BCUT2D eigenvalue weighted by Gasteiger charge is -2.03. The van der Waals surface area contributed by atoms with Gasteiger partial charge >= 0.3 is 12.2 Å². The van der Waals surface area contributed by atoms with E-state index < -0.39 is 22.9 Å². The van der Waals surface area contributed by atoms with Gasteiger partial charge in [0.1, 0.15) is 0 Å². The van der Waals surface area contributed by atoms with Gasteiger partial charge in [-0.05, 0) is 22.9 Å². The van der Waals surface area contributed by atoms with E-state index in [1.807, 2.05) is 0 Å². The molecule has 0 atom stereocenters. The molecule has 0 radical (unpaired) electrons. The van der Waals surface area contributed by atoms with E-state index in [1.54, 1.807) is 0 Å². The molecule has 0 amide bonds. The molecule has 0 aliphatic heterocycles. The monoisotopic (exact) mass is 280 g/mol. The minimum absolute atomic E-state index is 0.209. The van der Waals surface area contributed by atoms with E-state index in [9.17, 15) is 18.9 Å². The lowest BCUT2D eigenvalue weighted by Crippen LogP contribution is -2.03. The number of hydrogen-bond acceptors (Lipinski definition) is 3. The summed E-state index contributed by atoms with van der Waals surface area (Å²) in [6.07, 6.45) is -2.80. The van der Waals surface area contributed by atoms with Crippen LogP contribution in [0, 0.1) is 17.0 Å². The van der Waals surface area contributed by atoms with E-state index in [1.165, 1.54) is 13.0 Å². The SMILES string of the molecule is Cc1cc(CBr)c([N+](=O)[O-])nc1C(F)F. The molecule has 4 nitrogen and oxygen atoms in total. The Hall–Kier alpha value is -1.11. The quantitative estimate of drug-likeness (QED) is 0.486. The van der Waals surface area contributed by atoms with Gasteiger partial charge < -0.3 is 10.1 Å². The summed E-state index contributed by atoms with van der Waals surface area (Å²) in [5, 5.41) is 10.8. The van der Waals surface area contributed by atoms with Crippen LogP contribution in [0.1, 0.15) is 23.2 Å². The Labute approximate surface area is 92.6 Å². The van der Waals surface area contributed by atoms with Crippen molar-refractivity contribution in [2.75, 3.05) is 0 Å². The third kappa shape index (κ3) is 2.47. The summed E-state index contributed by atoms with van der Waals surface area (Å²) in [5.74, 6) is -0.521. The molecule has 1 heterocycles. The molecule has 0 bridgehead atoms. The van der Waals surface area contributed by atoms with Crippen molar-refractivity contribution in [1.82, 2.24) is 4.98 Å². The van der Waals surface area contributed by atoms with Gasteiger partial charge in [-0.15, -0.1) is 0 Å². The molecule has 0 spiro atoms. The van der Waals surface area contributed by atoms with Crippen molar-refractivity contribution in [3.05, 3.63) is 33.0 Å². The summed E-state index contributed by atoms with van der Waals surface area (Å²) in [5.41, 5.74) is 0.0124. The summed E-state index contributed by atoms with van der Waals surface area (Å²) in [6.45, 7) is 1.45. The zero-order chi connectivity index (χ0) is 11.6. The molecule has 1 aromatic rings. The van der Waals surface area contributed by atoms with Crippen LogP contribution >= 0.6 is 15.9 Å². The zero-order valence-electron chi connectivity index (χ0n) is 7.71. The Kier molecular flexibility index (Phi) is 3.67. The fourth-order valence-electron chi connectivity index (χ4n) is 1.15. The zero-order valence-corrected chi connectivity index (χ0v) is 9.29. The topological polar surface area (TPSA) is 56.0 Å². The van der Waals surface area contributed by atoms with Gasteiger partial charge in [0, 0.05) is 10.9 Å². The number of aryl methyl sites for hydroxylation is 1. The van der Waals surface area contributed by atoms with Crippen LogP contribution in [0.25, 0.3) is 0 Å². The molecule has 0 fully saturated rings. The molecule has 0 aliphatic carbocycles. The highest BCUT2D eigenvalue weighted by molar-refractivity contribution is 9.08. The second-order valence-corrected chi connectivity index (χ2v) is 3.43. The molecule has 0 saturated heterocycles. The van der Waals surface area contributed by atoms with Crippen LogP contribution in [-0.4, -0.2) is 9.91 Å². The number of nitro groups is 1. The second-order valence-electron chi connectivity index (χ2n) is 2.86. The normalized spacial score (nSPS) is 10.7. The van der Waals surface area contributed by atoms with Crippen LogP contribution in [0.15, 0.2) is 6.07 Å². The predicted octanol–water partition coefficient (Wildman–Crippen LogP) is 3.13.